The Morgan fingerprint density at radius 2 is 2.41 bits per heavy atom. The van der Waals surface area contributed by atoms with Gasteiger partial charge in [-0.05, 0) is 18.9 Å². The van der Waals surface area contributed by atoms with Gasteiger partial charge >= 0.3 is 0 Å². The third kappa shape index (κ3) is 2.41. The third-order valence-electron chi connectivity index (χ3n) is 3.11. The fraction of sp³-hybridized carbons (Fsp3) is 0.455. The van der Waals surface area contributed by atoms with Crippen LogP contribution in [0.15, 0.2) is 28.2 Å². The Labute approximate surface area is 98.5 Å². The fourth-order valence-electron chi connectivity index (χ4n) is 2.21. The molecule has 2 rings (SSSR count). The summed E-state index contributed by atoms with van der Waals surface area (Å²) in [5, 5.41) is 14.6. The second-order valence-corrected chi connectivity index (χ2v) is 4.15. The van der Waals surface area contributed by atoms with Crippen LogP contribution in [0.2, 0.25) is 0 Å². The Hall–Kier alpha value is -1.98. The van der Waals surface area contributed by atoms with Crippen LogP contribution in [0.5, 0.6) is 0 Å². The number of hydrogen-bond acceptors (Lipinski definition) is 4. The number of nitrogens with zero attached hydrogens (tertiary/aromatic N) is 1. The van der Waals surface area contributed by atoms with Crippen molar-refractivity contribution < 1.29 is 14.4 Å². The molecule has 92 valence electrons. The lowest BCUT2D eigenvalue weighted by atomic mass is 10.0. The number of furan rings is 1. The van der Waals surface area contributed by atoms with Gasteiger partial charge in [0, 0.05) is 12.0 Å². The van der Waals surface area contributed by atoms with E-state index in [0.717, 1.165) is 19.3 Å². The molecule has 0 aliphatic heterocycles. The second-order valence-electron chi connectivity index (χ2n) is 4.15. The molecule has 0 aromatic carbocycles. The van der Waals surface area contributed by atoms with E-state index < -0.39 is 0 Å². The molecule has 1 amide bonds. The molecular formula is C11H15N3O3. The van der Waals surface area contributed by atoms with Crippen LogP contribution in [0.25, 0.3) is 0 Å². The van der Waals surface area contributed by atoms with Gasteiger partial charge in [-0.15, -0.1) is 0 Å². The zero-order chi connectivity index (χ0) is 12.3. The highest BCUT2D eigenvalue weighted by atomic mass is 16.4. The van der Waals surface area contributed by atoms with Gasteiger partial charge < -0.3 is 20.7 Å². The summed E-state index contributed by atoms with van der Waals surface area (Å²) in [5.74, 6) is -0.0998. The molecule has 0 bridgehead atoms. The zero-order valence-electron chi connectivity index (χ0n) is 9.30. The predicted molar refractivity (Wildman–Crippen MR) is 60.7 cm³/mol. The number of amidine groups is 1. The van der Waals surface area contributed by atoms with Crippen molar-refractivity contribution in [3.05, 3.63) is 24.2 Å². The van der Waals surface area contributed by atoms with E-state index in [1.54, 1.807) is 6.07 Å². The number of carbonyl (C=O) groups is 1. The maximum absolute atomic E-state index is 11.8. The normalized spacial score (nSPS) is 24.8. The summed E-state index contributed by atoms with van der Waals surface area (Å²) in [4.78, 5) is 11.8. The lowest BCUT2D eigenvalue weighted by Gasteiger charge is -2.19. The van der Waals surface area contributed by atoms with Crippen molar-refractivity contribution in [3.8, 4) is 0 Å². The molecule has 6 heteroatoms. The van der Waals surface area contributed by atoms with E-state index in [9.17, 15) is 4.79 Å². The molecule has 2 atom stereocenters. The summed E-state index contributed by atoms with van der Waals surface area (Å²) in [7, 11) is 0. The Morgan fingerprint density at radius 3 is 3.06 bits per heavy atom. The van der Waals surface area contributed by atoms with Crippen LogP contribution in [0.3, 0.4) is 0 Å². The maximum Gasteiger partial charge on any atom is 0.254 e. The van der Waals surface area contributed by atoms with Crippen LogP contribution in [0.4, 0.5) is 0 Å². The number of hydrogen-bond donors (Lipinski definition) is 3. The smallest absolute Gasteiger partial charge is 0.254 e. The number of nitrogens with two attached hydrogens (primary N) is 1. The molecule has 1 aromatic heterocycles. The van der Waals surface area contributed by atoms with Gasteiger partial charge in [-0.25, -0.2) is 0 Å². The summed E-state index contributed by atoms with van der Waals surface area (Å²) >= 11 is 0. The topological polar surface area (TPSA) is 101 Å². The molecule has 1 saturated carbocycles. The minimum Gasteiger partial charge on any atom is -0.472 e. The molecule has 0 spiro atoms. The molecule has 4 N–H and O–H groups in total. The first-order chi connectivity index (χ1) is 8.22. The van der Waals surface area contributed by atoms with Crippen molar-refractivity contribution in [2.45, 2.75) is 25.3 Å². The molecule has 1 aliphatic carbocycles. The Balaban J connectivity index is 2.01. The van der Waals surface area contributed by atoms with Crippen molar-refractivity contribution in [1.82, 2.24) is 5.32 Å². The summed E-state index contributed by atoms with van der Waals surface area (Å²) in [6, 6.07) is 1.52. The van der Waals surface area contributed by atoms with Gasteiger partial charge in [-0.3, -0.25) is 4.79 Å². The monoisotopic (exact) mass is 237 g/mol. The second kappa shape index (κ2) is 4.90. The Morgan fingerprint density at radius 1 is 1.59 bits per heavy atom. The first kappa shape index (κ1) is 11.5. The standard InChI is InChI=1S/C11H15N3O3/c12-10(14-16)8-2-1-3-9(8)13-11(15)7-4-5-17-6-7/h4-6,8-9,16H,1-3H2,(H2,12,14)(H,13,15). The molecule has 1 aliphatic rings. The van der Waals surface area contributed by atoms with Crippen LogP contribution < -0.4 is 11.1 Å². The van der Waals surface area contributed by atoms with E-state index in [0.29, 0.717) is 5.56 Å². The molecule has 0 saturated heterocycles. The lowest BCUT2D eigenvalue weighted by Crippen LogP contribution is -2.42. The van der Waals surface area contributed by atoms with Crippen molar-refractivity contribution in [3.63, 3.8) is 0 Å². The molecule has 1 aromatic rings. The van der Waals surface area contributed by atoms with E-state index >= 15 is 0 Å². The number of carbonyl (C=O) groups excluding carboxylic acids is 1. The van der Waals surface area contributed by atoms with E-state index in [1.807, 2.05) is 0 Å². The van der Waals surface area contributed by atoms with Crippen molar-refractivity contribution in [2.75, 3.05) is 0 Å². The molecule has 1 heterocycles. The summed E-state index contributed by atoms with van der Waals surface area (Å²) in [6.07, 6.45) is 5.46. The number of oxime groups is 1. The van der Waals surface area contributed by atoms with Gasteiger partial charge in [0.15, 0.2) is 0 Å². The van der Waals surface area contributed by atoms with E-state index in [1.165, 1.54) is 12.5 Å². The molecule has 2 unspecified atom stereocenters. The van der Waals surface area contributed by atoms with E-state index in [2.05, 4.69) is 10.5 Å². The van der Waals surface area contributed by atoms with Gasteiger partial charge in [-0.2, -0.15) is 0 Å². The first-order valence-corrected chi connectivity index (χ1v) is 5.53. The van der Waals surface area contributed by atoms with Crippen LogP contribution in [-0.2, 0) is 0 Å². The maximum atomic E-state index is 11.8. The highest BCUT2D eigenvalue weighted by Gasteiger charge is 2.32. The summed E-state index contributed by atoms with van der Waals surface area (Å²) < 4.78 is 4.85. The van der Waals surface area contributed by atoms with Gasteiger partial charge in [-0.1, -0.05) is 11.6 Å². The zero-order valence-corrected chi connectivity index (χ0v) is 9.30. The van der Waals surface area contributed by atoms with Crippen LogP contribution in [0.1, 0.15) is 29.6 Å². The van der Waals surface area contributed by atoms with Crippen LogP contribution >= 0.6 is 0 Å². The minimum atomic E-state index is -0.193. The summed E-state index contributed by atoms with van der Waals surface area (Å²) in [6.45, 7) is 0. The first-order valence-electron chi connectivity index (χ1n) is 5.53. The quantitative estimate of drug-likeness (QED) is 0.315. The van der Waals surface area contributed by atoms with Crippen molar-refractivity contribution in [2.24, 2.45) is 16.8 Å². The number of rotatable bonds is 3. The average molecular weight is 237 g/mol. The van der Waals surface area contributed by atoms with Crippen molar-refractivity contribution >= 4 is 11.7 Å². The highest BCUT2D eigenvalue weighted by molar-refractivity contribution is 5.94. The highest BCUT2D eigenvalue weighted by Crippen LogP contribution is 2.26. The number of amides is 1. The number of nitrogens with one attached hydrogen (secondary N) is 1. The minimum absolute atomic E-state index is 0.0756. The van der Waals surface area contributed by atoms with Crippen molar-refractivity contribution in [1.29, 1.82) is 0 Å². The van der Waals surface area contributed by atoms with Gasteiger partial charge in [0.1, 0.15) is 12.1 Å². The predicted octanol–water partition coefficient (Wildman–Crippen LogP) is 0.924. The van der Waals surface area contributed by atoms with Gasteiger partial charge in [0.05, 0.1) is 11.8 Å². The van der Waals surface area contributed by atoms with E-state index in [4.69, 9.17) is 15.4 Å². The molecule has 17 heavy (non-hydrogen) atoms. The van der Waals surface area contributed by atoms with Gasteiger partial charge in [0.2, 0.25) is 0 Å². The molecule has 6 nitrogen and oxygen atoms in total. The molecule has 1 fully saturated rings. The van der Waals surface area contributed by atoms with E-state index in [-0.39, 0.29) is 23.7 Å². The SMILES string of the molecule is NC(=NO)C1CCCC1NC(=O)c1ccoc1. The average Bonchev–Trinajstić information content (AvgIpc) is 2.98. The third-order valence-corrected chi connectivity index (χ3v) is 3.11. The largest absolute Gasteiger partial charge is 0.472 e. The molecule has 0 radical (unpaired) electrons. The Kier molecular flexibility index (Phi) is 3.32. The lowest BCUT2D eigenvalue weighted by molar-refractivity contribution is 0.0932. The fourth-order valence-corrected chi connectivity index (χ4v) is 2.21. The van der Waals surface area contributed by atoms with Gasteiger partial charge in [0.25, 0.3) is 5.91 Å². The summed E-state index contributed by atoms with van der Waals surface area (Å²) in [5.41, 5.74) is 6.07. The van der Waals surface area contributed by atoms with Crippen LogP contribution in [-0.4, -0.2) is 23.0 Å². The van der Waals surface area contributed by atoms with Crippen LogP contribution in [0, 0.1) is 5.92 Å². The Bertz CT molecular complexity index is 414. The molecular weight excluding hydrogens is 222 g/mol.